The average Bonchev–Trinajstić information content (AvgIpc) is 4.11. The second-order valence-corrected chi connectivity index (χ2v) is 18.6. The van der Waals surface area contributed by atoms with Gasteiger partial charge in [-0.25, -0.2) is 41.6 Å². The van der Waals surface area contributed by atoms with Crippen molar-refractivity contribution in [1.29, 1.82) is 0 Å². The zero-order valence-corrected chi connectivity index (χ0v) is 43.8. The number of nitrogens with zero attached hydrogens (tertiary/aromatic N) is 6. The van der Waals surface area contributed by atoms with E-state index >= 15 is 0 Å². The summed E-state index contributed by atoms with van der Waals surface area (Å²) in [5, 5.41) is 12.4. The van der Waals surface area contributed by atoms with Crippen molar-refractivity contribution in [2.45, 2.75) is 95.6 Å². The van der Waals surface area contributed by atoms with Crippen molar-refractivity contribution in [2.75, 3.05) is 0 Å². The Morgan fingerprint density at radius 3 is 0.785 bits per heavy atom. The smallest absolute Gasteiger partial charge is 0.265 e. The minimum atomic E-state index is -5.81. The summed E-state index contributed by atoms with van der Waals surface area (Å²) in [7, 11) is 0. The summed E-state index contributed by atoms with van der Waals surface area (Å²) >= 11 is 0. The summed E-state index contributed by atoms with van der Waals surface area (Å²) < 4.78 is 239. The summed E-state index contributed by atoms with van der Waals surface area (Å²) in [6, 6.07) is 23.9. The number of halogens is 18. The Hall–Kier alpha value is -6.88. The van der Waals surface area contributed by atoms with Gasteiger partial charge in [-0.15, -0.1) is 54.6 Å². The fourth-order valence-electron chi connectivity index (χ4n) is 7.51. The van der Waals surface area contributed by atoms with Gasteiger partial charge in [0.25, 0.3) is 0 Å². The summed E-state index contributed by atoms with van der Waals surface area (Å²) in [5.74, 6) is -18.5. The molecule has 0 radical (unpaired) electrons. The minimum absolute atomic E-state index is 0. The second kappa shape index (κ2) is 22.3. The molecule has 3 aromatic carbocycles. The SMILES string of the molecule is CC(C)c1ccn2nc(-c3[c-]cc(C(F)(F)C(F)(F)F)cc3F)cc2c1.CC(C)c1ccn2nc(-c3[c-]cc(C(F)(F)C(F)(F)F)cc3F)cc2c1.CC(C)c1ccn2nc(-c3[c-]cc(C(F)(F)C(F)(F)F)cc3F)cc2c1.[Ir+3]. The number of fused-ring (bicyclic) bond motifs is 3. The van der Waals surface area contributed by atoms with Crippen molar-refractivity contribution in [3.63, 3.8) is 0 Å². The first-order valence-corrected chi connectivity index (χ1v) is 23.0. The summed E-state index contributed by atoms with van der Waals surface area (Å²) in [6.45, 7) is 12.0. The molecule has 0 atom stereocenters. The molecule has 0 aliphatic rings. The van der Waals surface area contributed by atoms with Crippen LogP contribution in [0.4, 0.5) is 79.0 Å². The van der Waals surface area contributed by atoms with Gasteiger partial charge in [0.2, 0.25) is 0 Å². The van der Waals surface area contributed by atoms with Gasteiger partial charge in [-0.05, 0) is 87.5 Å². The maximum Gasteiger partial charge on any atom is 3.00 e. The monoisotopic (exact) mass is 1310 g/mol. The van der Waals surface area contributed by atoms with Crippen molar-refractivity contribution < 1.29 is 99.1 Å². The number of hydrogen-bond acceptors (Lipinski definition) is 3. The molecule has 0 spiro atoms. The number of hydrogen-bond donors (Lipinski definition) is 0. The van der Waals surface area contributed by atoms with Crippen LogP contribution in [0.5, 0.6) is 0 Å². The van der Waals surface area contributed by atoms with Crippen LogP contribution in [-0.2, 0) is 37.9 Å². The number of alkyl halides is 15. The van der Waals surface area contributed by atoms with E-state index in [1.165, 1.54) is 31.7 Å². The Balaban J connectivity index is 0.000000190. The van der Waals surface area contributed by atoms with E-state index in [0.29, 0.717) is 34.7 Å². The van der Waals surface area contributed by atoms with Crippen molar-refractivity contribution in [2.24, 2.45) is 0 Å². The molecule has 79 heavy (non-hydrogen) atoms. The first-order valence-electron chi connectivity index (χ1n) is 23.0. The molecule has 0 N–H and O–H groups in total. The standard InChI is InChI=1S/3C18H13F6N2.Ir/c3*1-10(2)11-5-6-26-13(7-11)9-16(25-26)14-4-3-12(8-15(14)19)17(20,21)18(22,23)24;/h3*3,5-10H,1-2H3;/q3*-1;+3. The third kappa shape index (κ3) is 12.6. The van der Waals surface area contributed by atoms with Gasteiger partial charge in [-0.3, -0.25) is 26.7 Å². The van der Waals surface area contributed by atoms with Crippen LogP contribution < -0.4 is 0 Å². The van der Waals surface area contributed by atoms with Crippen LogP contribution in [0.25, 0.3) is 50.3 Å². The number of aromatic nitrogens is 6. The van der Waals surface area contributed by atoms with Gasteiger partial charge in [0.05, 0.1) is 16.6 Å². The van der Waals surface area contributed by atoms with Gasteiger partial charge < -0.3 is 0 Å². The molecular weight excluding hydrogens is 1270 g/mol. The molecule has 0 saturated carbocycles. The van der Waals surface area contributed by atoms with Crippen molar-refractivity contribution in [1.82, 2.24) is 28.8 Å². The van der Waals surface area contributed by atoms with Gasteiger partial charge in [0.1, 0.15) is 0 Å². The van der Waals surface area contributed by atoms with Gasteiger partial charge in [-0.1, -0.05) is 76.4 Å². The van der Waals surface area contributed by atoms with Crippen LogP contribution in [0, 0.1) is 35.7 Å². The average molecular weight is 1310 g/mol. The Morgan fingerprint density at radius 1 is 0.367 bits per heavy atom. The third-order valence-corrected chi connectivity index (χ3v) is 12.1. The number of rotatable bonds is 9. The van der Waals surface area contributed by atoms with E-state index < -0.39 is 70.4 Å². The number of benzene rings is 3. The zero-order valence-electron chi connectivity index (χ0n) is 41.4. The van der Waals surface area contributed by atoms with Gasteiger partial charge in [0.15, 0.2) is 0 Å². The molecule has 0 amide bonds. The maximum atomic E-state index is 14.2. The van der Waals surface area contributed by atoms with Gasteiger partial charge in [0, 0.05) is 53.1 Å². The predicted octanol–water partition coefficient (Wildman–Crippen LogP) is 17.2. The van der Waals surface area contributed by atoms with Crippen molar-refractivity contribution >= 4 is 16.6 Å². The molecule has 0 aliphatic carbocycles. The fourth-order valence-corrected chi connectivity index (χ4v) is 7.51. The van der Waals surface area contributed by atoms with Crippen LogP contribution in [-0.4, -0.2) is 47.4 Å². The molecule has 0 unspecified atom stereocenters. The Kier molecular flexibility index (Phi) is 17.3. The quantitative estimate of drug-likeness (QED) is 0.107. The van der Waals surface area contributed by atoms with Crippen molar-refractivity contribution in [3.8, 4) is 33.8 Å². The molecule has 0 saturated heterocycles. The van der Waals surface area contributed by atoms with E-state index in [4.69, 9.17) is 0 Å². The summed E-state index contributed by atoms with van der Waals surface area (Å²) in [6.07, 6.45) is -12.4. The largest absolute Gasteiger partial charge is 3.00 e. The van der Waals surface area contributed by atoms with E-state index in [2.05, 4.69) is 33.5 Å². The normalized spacial score (nSPS) is 12.8. The molecule has 6 heterocycles. The van der Waals surface area contributed by atoms with E-state index in [1.54, 1.807) is 18.6 Å². The summed E-state index contributed by atoms with van der Waals surface area (Å²) in [5.41, 5.74) is -0.0801. The number of pyridine rings is 3. The van der Waals surface area contributed by atoms with Crippen LogP contribution in [0.1, 0.15) is 92.7 Å². The van der Waals surface area contributed by atoms with E-state index in [-0.39, 0.29) is 89.8 Å². The molecule has 6 aromatic heterocycles. The molecule has 0 aliphatic heterocycles. The van der Waals surface area contributed by atoms with Crippen LogP contribution in [0.3, 0.4) is 0 Å². The molecule has 25 heteroatoms. The first kappa shape index (κ1) is 61.3. The van der Waals surface area contributed by atoms with Crippen molar-refractivity contribution in [3.05, 3.63) is 179 Å². The van der Waals surface area contributed by atoms with Crippen LogP contribution >= 0.6 is 0 Å². The molecule has 0 fully saturated rings. The first-order chi connectivity index (χ1) is 36.0. The molecule has 420 valence electrons. The predicted molar refractivity (Wildman–Crippen MR) is 250 cm³/mol. The molecule has 0 bridgehead atoms. The van der Waals surface area contributed by atoms with Gasteiger partial charge in [-0.2, -0.15) is 39.5 Å². The summed E-state index contributed by atoms with van der Waals surface area (Å²) in [4.78, 5) is 0. The molecule has 9 rings (SSSR count). The van der Waals surface area contributed by atoms with Gasteiger partial charge >= 0.3 is 56.4 Å². The van der Waals surface area contributed by atoms with Crippen LogP contribution in [0.15, 0.2) is 110 Å². The Labute approximate surface area is 451 Å². The Bertz CT molecular complexity index is 3250. The van der Waals surface area contributed by atoms with E-state index in [9.17, 15) is 79.0 Å². The fraction of sp³-hybridized carbons (Fsp3) is 0.278. The zero-order chi connectivity index (χ0) is 57.8. The molecule has 6 nitrogen and oxygen atoms in total. The van der Waals surface area contributed by atoms with E-state index in [0.717, 1.165) is 16.7 Å². The molecule has 9 aromatic rings. The second-order valence-electron chi connectivity index (χ2n) is 18.6. The van der Waals surface area contributed by atoms with E-state index in [1.807, 2.05) is 77.9 Å². The maximum absolute atomic E-state index is 14.2. The topological polar surface area (TPSA) is 51.9 Å². The Morgan fingerprint density at radius 2 is 0.595 bits per heavy atom. The third-order valence-electron chi connectivity index (χ3n) is 12.1. The van der Waals surface area contributed by atoms with Crippen LogP contribution in [0.2, 0.25) is 0 Å². The molecular formula is C54H39F18IrN6. The minimum Gasteiger partial charge on any atom is -0.265 e.